The first kappa shape index (κ1) is 29.5. The molecule has 0 aliphatic rings. The molecule has 0 aliphatic carbocycles. The SMILES string of the molecule is C=CC[C@H](CC(=O)N[C@H](CO)Cc1ccccc1)C(=O)NCCOC(=O)[C@@H](CC=C)Cc1ccccc1. The highest BCUT2D eigenvalue weighted by Gasteiger charge is 2.23. The number of carbonyl (C=O) groups excluding carboxylic acids is 3. The number of aliphatic hydroxyl groups excluding tert-OH is 1. The van der Waals surface area contributed by atoms with Crippen molar-refractivity contribution < 1.29 is 24.2 Å². The molecule has 0 saturated carbocycles. The number of ether oxygens (including phenoxy) is 1. The van der Waals surface area contributed by atoms with Gasteiger partial charge in [0, 0.05) is 6.42 Å². The number of amides is 2. The number of allylic oxidation sites excluding steroid dienone is 2. The van der Waals surface area contributed by atoms with Crippen LogP contribution < -0.4 is 10.6 Å². The van der Waals surface area contributed by atoms with Gasteiger partial charge < -0.3 is 20.5 Å². The summed E-state index contributed by atoms with van der Waals surface area (Å²) in [4.78, 5) is 37.8. The van der Waals surface area contributed by atoms with Gasteiger partial charge in [0.25, 0.3) is 0 Å². The molecule has 0 bridgehead atoms. The maximum atomic E-state index is 12.7. The fourth-order valence-electron chi connectivity index (χ4n) is 4.01. The molecule has 37 heavy (non-hydrogen) atoms. The lowest BCUT2D eigenvalue weighted by Gasteiger charge is -2.19. The maximum absolute atomic E-state index is 12.7. The third-order valence-electron chi connectivity index (χ3n) is 5.92. The summed E-state index contributed by atoms with van der Waals surface area (Å²) in [5, 5.41) is 15.2. The van der Waals surface area contributed by atoms with Gasteiger partial charge in [-0.05, 0) is 36.8 Å². The zero-order valence-corrected chi connectivity index (χ0v) is 21.3. The van der Waals surface area contributed by atoms with Crippen molar-refractivity contribution in [2.24, 2.45) is 11.8 Å². The zero-order valence-electron chi connectivity index (χ0n) is 21.3. The summed E-state index contributed by atoms with van der Waals surface area (Å²) in [5.74, 6) is -1.94. The Labute approximate surface area is 219 Å². The zero-order chi connectivity index (χ0) is 26.9. The lowest BCUT2D eigenvalue weighted by Crippen LogP contribution is -2.42. The van der Waals surface area contributed by atoms with E-state index >= 15 is 0 Å². The molecule has 0 radical (unpaired) electrons. The molecule has 0 unspecified atom stereocenters. The third kappa shape index (κ3) is 11.3. The molecule has 0 fully saturated rings. The first-order valence-electron chi connectivity index (χ1n) is 12.6. The van der Waals surface area contributed by atoms with E-state index in [4.69, 9.17) is 4.74 Å². The van der Waals surface area contributed by atoms with Gasteiger partial charge in [0.15, 0.2) is 0 Å². The summed E-state index contributed by atoms with van der Waals surface area (Å²) in [6.07, 6.45) is 5.10. The van der Waals surface area contributed by atoms with Crippen molar-refractivity contribution in [1.82, 2.24) is 10.6 Å². The molecule has 2 aromatic rings. The predicted molar refractivity (Wildman–Crippen MR) is 145 cm³/mol. The van der Waals surface area contributed by atoms with Crippen molar-refractivity contribution in [3.63, 3.8) is 0 Å². The topological polar surface area (TPSA) is 105 Å². The molecule has 3 atom stereocenters. The van der Waals surface area contributed by atoms with E-state index in [1.165, 1.54) is 0 Å². The summed E-state index contributed by atoms with van der Waals surface area (Å²) in [7, 11) is 0. The van der Waals surface area contributed by atoms with Crippen LogP contribution in [-0.4, -0.2) is 48.7 Å². The van der Waals surface area contributed by atoms with Gasteiger partial charge >= 0.3 is 5.97 Å². The van der Waals surface area contributed by atoms with Gasteiger partial charge in [0.05, 0.1) is 31.0 Å². The Morgan fingerprint density at radius 2 is 1.43 bits per heavy atom. The number of hydrogen-bond acceptors (Lipinski definition) is 5. The largest absolute Gasteiger partial charge is 0.464 e. The van der Waals surface area contributed by atoms with Gasteiger partial charge in [0.2, 0.25) is 11.8 Å². The fraction of sp³-hybridized carbons (Fsp3) is 0.367. The van der Waals surface area contributed by atoms with Crippen LogP contribution >= 0.6 is 0 Å². The predicted octanol–water partition coefficient (Wildman–Crippen LogP) is 3.38. The molecule has 2 amide bonds. The van der Waals surface area contributed by atoms with Crippen molar-refractivity contribution >= 4 is 17.8 Å². The molecule has 0 spiro atoms. The number of hydrogen-bond donors (Lipinski definition) is 3. The first-order valence-corrected chi connectivity index (χ1v) is 12.6. The van der Waals surface area contributed by atoms with E-state index in [2.05, 4.69) is 23.8 Å². The Balaban J connectivity index is 1.79. The van der Waals surface area contributed by atoms with Gasteiger partial charge in [-0.3, -0.25) is 14.4 Å². The average Bonchev–Trinajstić information content (AvgIpc) is 2.91. The first-order chi connectivity index (χ1) is 18.0. The Morgan fingerprint density at radius 1 is 0.865 bits per heavy atom. The summed E-state index contributed by atoms with van der Waals surface area (Å²) in [5.41, 5.74) is 2.04. The maximum Gasteiger partial charge on any atom is 0.309 e. The fourth-order valence-corrected chi connectivity index (χ4v) is 4.01. The smallest absolute Gasteiger partial charge is 0.309 e. The monoisotopic (exact) mass is 506 g/mol. The molecule has 3 N–H and O–H groups in total. The highest BCUT2D eigenvalue weighted by Crippen LogP contribution is 2.15. The molecule has 0 saturated heterocycles. The van der Waals surface area contributed by atoms with Crippen molar-refractivity contribution in [2.45, 2.75) is 38.1 Å². The number of aliphatic hydroxyl groups is 1. The number of nitrogens with one attached hydrogen (secondary N) is 2. The summed E-state index contributed by atoms with van der Waals surface area (Å²) in [6.45, 7) is 7.38. The summed E-state index contributed by atoms with van der Waals surface area (Å²) in [6, 6.07) is 18.8. The number of esters is 1. The van der Waals surface area contributed by atoms with Crippen LogP contribution in [0.3, 0.4) is 0 Å². The Hall–Kier alpha value is -3.71. The van der Waals surface area contributed by atoms with E-state index in [-0.39, 0.29) is 49.9 Å². The summed E-state index contributed by atoms with van der Waals surface area (Å²) < 4.78 is 5.40. The lowest BCUT2D eigenvalue weighted by atomic mass is 9.96. The molecule has 2 aromatic carbocycles. The highest BCUT2D eigenvalue weighted by atomic mass is 16.5. The van der Waals surface area contributed by atoms with Crippen LogP contribution in [0.15, 0.2) is 86.0 Å². The minimum atomic E-state index is -0.615. The average molecular weight is 507 g/mol. The van der Waals surface area contributed by atoms with Gasteiger partial charge in [-0.25, -0.2) is 0 Å². The molecule has 7 heteroatoms. The van der Waals surface area contributed by atoms with E-state index in [1.54, 1.807) is 12.2 Å². The number of benzene rings is 2. The van der Waals surface area contributed by atoms with Crippen LogP contribution in [-0.2, 0) is 32.0 Å². The van der Waals surface area contributed by atoms with E-state index in [1.807, 2.05) is 60.7 Å². The third-order valence-corrected chi connectivity index (χ3v) is 5.92. The molecule has 7 nitrogen and oxygen atoms in total. The van der Waals surface area contributed by atoms with E-state index in [0.29, 0.717) is 25.7 Å². The van der Waals surface area contributed by atoms with Crippen LogP contribution in [0, 0.1) is 11.8 Å². The second-order valence-corrected chi connectivity index (χ2v) is 8.93. The van der Waals surface area contributed by atoms with Crippen molar-refractivity contribution in [3.05, 3.63) is 97.1 Å². The normalized spacial score (nSPS) is 13.0. The van der Waals surface area contributed by atoms with E-state index < -0.39 is 12.0 Å². The second-order valence-electron chi connectivity index (χ2n) is 8.93. The molecule has 0 heterocycles. The molecule has 198 valence electrons. The van der Waals surface area contributed by atoms with E-state index in [0.717, 1.165) is 11.1 Å². The van der Waals surface area contributed by atoms with Crippen molar-refractivity contribution in [2.75, 3.05) is 19.8 Å². The molecular formula is C30H38N2O5. The number of carbonyl (C=O) groups is 3. The van der Waals surface area contributed by atoms with Gasteiger partial charge in [-0.1, -0.05) is 72.8 Å². The Kier molecular flexibility index (Phi) is 13.5. The standard InChI is InChI=1S/C30H38N2O5/c1-3-11-25(21-28(34)32-27(22-33)20-24-15-9-6-10-16-24)29(35)31-17-18-37-30(36)26(12-4-2)19-23-13-7-5-8-14-23/h3-10,13-16,25-27,33H,1-2,11-12,17-22H2,(H,31,35)(H,32,34)/t25-,26+,27+/m1/s1. The Morgan fingerprint density at radius 3 is 2.00 bits per heavy atom. The number of rotatable bonds is 17. The molecular weight excluding hydrogens is 468 g/mol. The Bertz CT molecular complexity index is 994. The van der Waals surface area contributed by atoms with Crippen LogP contribution in [0.25, 0.3) is 0 Å². The minimum absolute atomic E-state index is 0.0314. The second kappa shape index (κ2) is 16.9. The van der Waals surface area contributed by atoms with Crippen LogP contribution in [0.4, 0.5) is 0 Å². The molecule has 2 rings (SSSR count). The van der Waals surface area contributed by atoms with Crippen LogP contribution in [0.2, 0.25) is 0 Å². The summed E-state index contributed by atoms with van der Waals surface area (Å²) >= 11 is 0. The van der Waals surface area contributed by atoms with Gasteiger partial charge in [-0.15, -0.1) is 13.2 Å². The molecule has 0 aromatic heterocycles. The minimum Gasteiger partial charge on any atom is -0.464 e. The molecule has 0 aliphatic heterocycles. The van der Waals surface area contributed by atoms with Crippen molar-refractivity contribution in [3.8, 4) is 0 Å². The quantitative estimate of drug-likeness (QED) is 0.173. The van der Waals surface area contributed by atoms with Gasteiger partial charge in [0.1, 0.15) is 6.61 Å². The van der Waals surface area contributed by atoms with E-state index in [9.17, 15) is 19.5 Å². The van der Waals surface area contributed by atoms with Crippen molar-refractivity contribution in [1.29, 1.82) is 0 Å². The van der Waals surface area contributed by atoms with Crippen LogP contribution in [0.1, 0.15) is 30.4 Å². The van der Waals surface area contributed by atoms with Gasteiger partial charge in [-0.2, -0.15) is 0 Å². The van der Waals surface area contributed by atoms with Crippen LogP contribution in [0.5, 0.6) is 0 Å². The highest BCUT2D eigenvalue weighted by molar-refractivity contribution is 5.86. The lowest BCUT2D eigenvalue weighted by molar-refractivity contribution is -0.148.